The summed E-state index contributed by atoms with van der Waals surface area (Å²) < 4.78 is 15.4. The van der Waals surface area contributed by atoms with Crippen molar-refractivity contribution in [3.05, 3.63) is 73.7 Å². The lowest BCUT2D eigenvalue weighted by atomic mass is 10.1. The fraction of sp³-hybridized carbons (Fsp3) is 0.100. The monoisotopic (exact) mass is 352 g/mol. The SMILES string of the molecule is C.COc1ccccc1-c1cnco1.Oc1ccccc1-c1cnco1. The fourth-order valence-electron chi connectivity index (χ4n) is 2.23. The molecule has 0 atom stereocenters. The van der Waals surface area contributed by atoms with Crippen molar-refractivity contribution in [2.45, 2.75) is 7.43 Å². The average Bonchev–Trinajstić information content (AvgIpc) is 3.36. The van der Waals surface area contributed by atoms with E-state index in [1.54, 1.807) is 37.7 Å². The zero-order chi connectivity index (χ0) is 17.5. The standard InChI is InChI=1S/C10H9NO2.C9H7NO2.CH4/c1-12-9-5-3-2-4-8(9)10-6-11-7-13-10;11-8-4-2-1-3-7(8)9-5-10-6-12-9;/h2-7H,1H3;1-6,11H;1H4. The van der Waals surface area contributed by atoms with E-state index in [1.165, 1.54) is 12.8 Å². The highest BCUT2D eigenvalue weighted by molar-refractivity contribution is 5.65. The van der Waals surface area contributed by atoms with Gasteiger partial charge in [-0.1, -0.05) is 31.7 Å². The summed E-state index contributed by atoms with van der Waals surface area (Å²) in [6.07, 6.45) is 5.97. The van der Waals surface area contributed by atoms with Crippen LogP contribution in [0.1, 0.15) is 7.43 Å². The maximum Gasteiger partial charge on any atom is 0.181 e. The molecule has 0 saturated carbocycles. The average molecular weight is 352 g/mol. The van der Waals surface area contributed by atoms with Crippen LogP contribution in [0.5, 0.6) is 11.5 Å². The van der Waals surface area contributed by atoms with E-state index in [2.05, 4.69) is 9.97 Å². The van der Waals surface area contributed by atoms with E-state index in [0.717, 1.165) is 17.1 Å². The summed E-state index contributed by atoms with van der Waals surface area (Å²) in [5, 5.41) is 9.39. The molecule has 6 nitrogen and oxygen atoms in total. The van der Waals surface area contributed by atoms with Crippen molar-refractivity contribution in [2.75, 3.05) is 7.11 Å². The highest BCUT2D eigenvalue weighted by Crippen LogP contribution is 2.29. The van der Waals surface area contributed by atoms with Gasteiger partial charge in [0.2, 0.25) is 0 Å². The molecule has 4 rings (SSSR count). The Labute approximate surface area is 151 Å². The summed E-state index contributed by atoms with van der Waals surface area (Å²) >= 11 is 0. The second kappa shape index (κ2) is 9.08. The Hall–Kier alpha value is -3.54. The zero-order valence-electron chi connectivity index (χ0n) is 13.5. The summed E-state index contributed by atoms with van der Waals surface area (Å²) in [6, 6.07) is 14.6. The van der Waals surface area contributed by atoms with Gasteiger partial charge in [-0.05, 0) is 24.3 Å². The first-order chi connectivity index (χ1) is 12.3. The number of oxazole rings is 2. The van der Waals surface area contributed by atoms with Crippen molar-refractivity contribution in [3.63, 3.8) is 0 Å². The van der Waals surface area contributed by atoms with E-state index in [0.29, 0.717) is 11.3 Å². The molecule has 4 aromatic rings. The second-order valence-corrected chi connectivity index (χ2v) is 4.95. The van der Waals surface area contributed by atoms with E-state index in [9.17, 15) is 5.11 Å². The Morgan fingerprint density at radius 1 is 0.808 bits per heavy atom. The molecule has 134 valence electrons. The first kappa shape index (κ1) is 18.8. The maximum absolute atomic E-state index is 9.39. The van der Waals surface area contributed by atoms with Crippen LogP contribution < -0.4 is 4.74 Å². The molecule has 0 unspecified atom stereocenters. The van der Waals surface area contributed by atoms with Crippen molar-refractivity contribution in [2.24, 2.45) is 0 Å². The third-order valence-electron chi connectivity index (χ3n) is 3.41. The third-order valence-corrected chi connectivity index (χ3v) is 3.41. The van der Waals surface area contributed by atoms with Gasteiger partial charge in [0.05, 0.1) is 30.6 Å². The summed E-state index contributed by atoms with van der Waals surface area (Å²) in [5.74, 6) is 2.29. The van der Waals surface area contributed by atoms with Gasteiger partial charge in [0.15, 0.2) is 24.3 Å². The molecule has 0 amide bonds. The van der Waals surface area contributed by atoms with Crippen LogP contribution >= 0.6 is 0 Å². The number of nitrogens with zero attached hydrogens (tertiary/aromatic N) is 2. The van der Waals surface area contributed by atoms with Gasteiger partial charge in [-0.15, -0.1) is 0 Å². The quantitative estimate of drug-likeness (QED) is 0.557. The van der Waals surface area contributed by atoms with E-state index in [-0.39, 0.29) is 13.2 Å². The van der Waals surface area contributed by atoms with Crippen molar-refractivity contribution in [1.82, 2.24) is 9.97 Å². The summed E-state index contributed by atoms with van der Waals surface area (Å²) in [5.41, 5.74) is 1.58. The molecule has 2 heterocycles. The topological polar surface area (TPSA) is 81.5 Å². The minimum atomic E-state index is 0. The fourth-order valence-corrected chi connectivity index (χ4v) is 2.23. The molecule has 26 heavy (non-hydrogen) atoms. The van der Waals surface area contributed by atoms with Gasteiger partial charge in [0, 0.05) is 0 Å². The van der Waals surface area contributed by atoms with Gasteiger partial charge < -0.3 is 18.7 Å². The summed E-state index contributed by atoms with van der Waals surface area (Å²) in [4.78, 5) is 7.61. The Bertz CT molecular complexity index is 903. The lowest BCUT2D eigenvalue weighted by Gasteiger charge is -2.03. The number of phenolic OH excluding ortho intramolecular Hbond substituents is 1. The van der Waals surface area contributed by atoms with Crippen LogP contribution in [-0.2, 0) is 0 Å². The smallest absolute Gasteiger partial charge is 0.181 e. The van der Waals surface area contributed by atoms with Gasteiger partial charge in [-0.3, -0.25) is 0 Å². The third kappa shape index (κ3) is 4.30. The summed E-state index contributed by atoms with van der Waals surface area (Å²) in [6.45, 7) is 0. The number of aromatic nitrogens is 2. The van der Waals surface area contributed by atoms with E-state index in [1.807, 2.05) is 30.3 Å². The maximum atomic E-state index is 9.39. The Kier molecular flexibility index (Phi) is 6.56. The predicted molar refractivity (Wildman–Crippen MR) is 98.8 cm³/mol. The van der Waals surface area contributed by atoms with Crippen LogP contribution in [0, 0.1) is 0 Å². The van der Waals surface area contributed by atoms with Crippen LogP contribution in [0.4, 0.5) is 0 Å². The zero-order valence-corrected chi connectivity index (χ0v) is 13.5. The highest BCUT2D eigenvalue weighted by atomic mass is 16.5. The van der Waals surface area contributed by atoms with Gasteiger partial charge in [0.1, 0.15) is 11.5 Å². The minimum Gasteiger partial charge on any atom is -0.507 e. The molecule has 1 N–H and O–H groups in total. The molecule has 6 heteroatoms. The lowest BCUT2D eigenvalue weighted by molar-refractivity contribution is 0.414. The van der Waals surface area contributed by atoms with E-state index in [4.69, 9.17) is 13.6 Å². The lowest BCUT2D eigenvalue weighted by Crippen LogP contribution is -1.85. The molecule has 2 aromatic carbocycles. The molecular weight excluding hydrogens is 332 g/mol. The Morgan fingerprint density at radius 2 is 1.35 bits per heavy atom. The Balaban J connectivity index is 0.000000180. The van der Waals surface area contributed by atoms with Crippen LogP contribution in [0.15, 0.2) is 82.5 Å². The number of ether oxygens (including phenoxy) is 1. The van der Waals surface area contributed by atoms with Crippen LogP contribution in [-0.4, -0.2) is 22.2 Å². The van der Waals surface area contributed by atoms with Crippen molar-refractivity contribution in [1.29, 1.82) is 0 Å². The number of hydrogen-bond acceptors (Lipinski definition) is 6. The van der Waals surface area contributed by atoms with E-state index >= 15 is 0 Å². The van der Waals surface area contributed by atoms with Crippen LogP contribution in [0.2, 0.25) is 0 Å². The number of rotatable bonds is 3. The molecule has 2 aromatic heterocycles. The first-order valence-electron chi connectivity index (χ1n) is 7.48. The van der Waals surface area contributed by atoms with Gasteiger partial charge >= 0.3 is 0 Å². The second-order valence-electron chi connectivity index (χ2n) is 4.95. The molecule has 0 spiro atoms. The van der Waals surface area contributed by atoms with Gasteiger partial charge in [0.25, 0.3) is 0 Å². The predicted octanol–water partition coefficient (Wildman–Crippen LogP) is 5.03. The van der Waals surface area contributed by atoms with Crippen molar-refractivity contribution in [3.8, 4) is 34.1 Å². The molecule has 0 aliphatic heterocycles. The minimum absolute atomic E-state index is 0. The molecule has 0 bridgehead atoms. The normalized spacial score (nSPS) is 9.58. The molecule has 0 aliphatic rings. The number of aromatic hydroxyl groups is 1. The molecule has 0 aliphatic carbocycles. The Morgan fingerprint density at radius 3 is 1.88 bits per heavy atom. The molecule has 0 fully saturated rings. The number of phenols is 1. The molecule has 0 saturated heterocycles. The van der Waals surface area contributed by atoms with E-state index < -0.39 is 0 Å². The van der Waals surface area contributed by atoms with Crippen molar-refractivity contribution >= 4 is 0 Å². The molecular formula is C20H20N2O4. The summed E-state index contributed by atoms with van der Waals surface area (Å²) in [7, 11) is 1.63. The number of methoxy groups -OCH3 is 1. The largest absolute Gasteiger partial charge is 0.507 e. The number of benzene rings is 2. The highest BCUT2D eigenvalue weighted by Gasteiger charge is 2.06. The van der Waals surface area contributed by atoms with Crippen LogP contribution in [0.3, 0.4) is 0 Å². The van der Waals surface area contributed by atoms with Crippen LogP contribution in [0.25, 0.3) is 22.6 Å². The number of hydrogen-bond donors (Lipinski definition) is 1. The van der Waals surface area contributed by atoms with Gasteiger partial charge in [-0.25, -0.2) is 9.97 Å². The molecule has 0 radical (unpaired) electrons. The van der Waals surface area contributed by atoms with Crippen molar-refractivity contribution < 1.29 is 18.7 Å². The first-order valence-corrected chi connectivity index (χ1v) is 7.48. The number of para-hydroxylation sites is 2. The van der Waals surface area contributed by atoms with Gasteiger partial charge in [-0.2, -0.15) is 0 Å².